The van der Waals surface area contributed by atoms with Gasteiger partial charge in [0.05, 0.1) is 0 Å². The van der Waals surface area contributed by atoms with Crippen molar-refractivity contribution in [3.8, 4) is 0 Å². The Kier molecular flexibility index (Phi) is 1.68. The lowest BCUT2D eigenvalue weighted by Crippen LogP contribution is -2.45. The van der Waals surface area contributed by atoms with E-state index in [9.17, 15) is 0 Å². The lowest BCUT2D eigenvalue weighted by molar-refractivity contribution is 0.0497. The summed E-state index contributed by atoms with van der Waals surface area (Å²) in [5.74, 6) is 3.26. The highest BCUT2D eigenvalue weighted by Gasteiger charge is 2.65. The molecule has 1 heteroatoms. The molecule has 1 nitrogen and oxygen atoms in total. The number of fused-ring (bicyclic) bond motifs is 3. The van der Waals surface area contributed by atoms with Crippen molar-refractivity contribution in [2.75, 3.05) is 0 Å². The van der Waals surface area contributed by atoms with E-state index in [0.29, 0.717) is 0 Å². The number of hydrogen-bond donors (Lipinski definition) is 1. The molecule has 0 aromatic rings. The van der Waals surface area contributed by atoms with Gasteiger partial charge in [-0.15, -0.1) is 0 Å². The first kappa shape index (κ1) is 9.04. The van der Waals surface area contributed by atoms with Gasteiger partial charge in [0.15, 0.2) is 0 Å². The van der Waals surface area contributed by atoms with E-state index >= 15 is 0 Å². The van der Waals surface area contributed by atoms with Gasteiger partial charge in [-0.2, -0.15) is 0 Å². The van der Waals surface area contributed by atoms with Gasteiger partial charge < -0.3 is 5.32 Å². The molecule has 1 N–H and O–H groups in total. The predicted octanol–water partition coefficient (Wildman–Crippen LogP) is 2.95. The molecule has 0 amide bonds. The van der Waals surface area contributed by atoms with E-state index in [2.05, 4.69) is 12.2 Å². The highest BCUT2D eigenvalue weighted by Crippen LogP contribution is 2.68. The lowest BCUT2D eigenvalue weighted by Gasteiger charge is -2.46. The molecule has 6 atom stereocenters. The van der Waals surface area contributed by atoms with E-state index in [1.807, 2.05) is 0 Å². The van der Waals surface area contributed by atoms with Gasteiger partial charge in [-0.3, -0.25) is 0 Å². The van der Waals surface area contributed by atoms with E-state index in [1.165, 1.54) is 19.3 Å². The van der Waals surface area contributed by atoms with Crippen LogP contribution in [-0.4, -0.2) is 12.1 Å². The van der Waals surface area contributed by atoms with Gasteiger partial charge >= 0.3 is 0 Å². The molecule has 4 rings (SSSR count). The van der Waals surface area contributed by atoms with E-state index in [1.54, 1.807) is 25.7 Å². The minimum atomic E-state index is 0.778. The van der Waals surface area contributed by atoms with Crippen molar-refractivity contribution in [2.45, 2.75) is 64.0 Å². The van der Waals surface area contributed by atoms with E-state index in [0.717, 1.165) is 35.3 Å². The fraction of sp³-hybridized carbons (Fsp3) is 1.00. The molecule has 6 unspecified atom stereocenters. The van der Waals surface area contributed by atoms with Gasteiger partial charge in [-0.25, -0.2) is 0 Å². The largest absolute Gasteiger partial charge is 0.311 e. The zero-order chi connectivity index (χ0) is 10.0. The lowest BCUT2D eigenvalue weighted by atomic mass is 9.58. The third-order valence-electron chi connectivity index (χ3n) is 6.37. The van der Waals surface area contributed by atoms with Gasteiger partial charge in [0.25, 0.3) is 0 Å². The second-order valence-corrected chi connectivity index (χ2v) is 6.66. The third-order valence-corrected chi connectivity index (χ3v) is 6.37. The summed E-state index contributed by atoms with van der Waals surface area (Å²) in [5, 5.41) is 3.95. The van der Waals surface area contributed by atoms with E-state index in [4.69, 9.17) is 0 Å². The minimum Gasteiger partial charge on any atom is -0.311 e. The Bertz CT molecular complexity index is 287. The van der Waals surface area contributed by atoms with Gasteiger partial charge in [0, 0.05) is 12.1 Å². The molecular weight excluding hydrogens is 182 g/mol. The van der Waals surface area contributed by atoms with Crippen molar-refractivity contribution in [3.05, 3.63) is 0 Å². The maximum Gasteiger partial charge on any atom is 0.0132 e. The Morgan fingerprint density at radius 2 is 2.07 bits per heavy atom. The molecule has 1 saturated heterocycles. The van der Waals surface area contributed by atoms with E-state index < -0.39 is 0 Å². The number of hydrogen-bond acceptors (Lipinski definition) is 1. The first-order valence-corrected chi connectivity index (χ1v) is 7.08. The van der Waals surface area contributed by atoms with Crippen LogP contribution in [0, 0.1) is 23.2 Å². The van der Waals surface area contributed by atoms with Gasteiger partial charge in [0.2, 0.25) is 0 Å². The summed E-state index contributed by atoms with van der Waals surface area (Å²) in [7, 11) is 0. The minimum absolute atomic E-state index is 0.778. The number of rotatable bonds is 0. The standard InChI is InChI=1S/C14H23N/c1-9-13-10-5-6-11(8-10)14(13)7-3-2-4-12(14)15-9/h9-13,15H,2-8H2,1H3. The molecule has 0 aromatic heterocycles. The van der Waals surface area contributed by atoms with Crippen LogP contribution in [0.5, 0.6) is 0 Å². The first-order valence-electron chi connectivity index (χ1n) is 7.08. The molecular formula is C14H23N. The fourth-order valence-electron chi connectivity index (χ4n) is 6.19. The molecule has 15 heavy (non-hydrogen) atoms. The highest BCUT2D eigenvalue weighted by atomic mass is 15.1. The summed E-state index contributed by atoms with van der Waals surface area (Å²) in [6, 6.07) is 1.73. The molecule has 1 aliphatic heterocycles. The monoisotopic (exact) mass is 205 g/mol. The summed E-state index contributed by atoms with van der Waals surface area (Å²) < 4.78 is 0. The van der Waals surface area contributed by atoms with Crippen molar-refractivity contribution >= 4 is 0 Å². The van der Waals surface area contributed by atoms with Gasteiger partial charge in [0.1, 0.15) is 0 Å². The molecule has 0 aromatic carbocycles. The topological polar surface area (TPSA) is 12.0 Å². The zero-order valence-corrected chi connectivity index (χ0v) is 9.84. The second-order valence-electron chi connectivity index (χ2n) is 6.66. The molecule has 3 saturated carbocycles. The predicted molar refractivity (Wildman–Crippen MR) is 61.6 cm³/mol. The van der Waals surface area contributed by atoms with Crippen LogP contribution in [0.25, 0.3) is 0 Å². The van der Waals surface area contributed by atoms with Crippen LogP contribution in [0.3, 0.4) is 0 Å². The van der Waals surface area contributed by atoms with Crippen LogP contribution in [0.1, 0.15) is 51.9 Å². The maximum atomic E-state index is 3.95. The van der Waals surface area contributed by atoms with Crippen molar-refractivity contribution in [3.63, 3.8) is 0 Å². The molecule has 1 heterocycles. The summed E-state index contributed by atoms with van der Waals surface area (Å²) in [5.41, 5.74) is 0.778. The van der Waals surface area contributed by atoms with Crippen LogP contribution >= 0.6 is 0 Å². The first-order chi connectivity index (χ1) is 7.32. The summed E-state index contributed by atoms with van der Waals surface area (Å²) >= 11 is 0. The Labute approximate surface area is 93.0 Å². The smallest absolute Gasteiger partial charge is 0.0132 e. The van der Waals surface area contributed by atoms with Crippen LogP contribution in [0.4, 0.5) is 0 Å². The summed E-state index contributed by atoms with van der Waals surface area (Å²) in [4.78, 5) is 0. The Balaban J connectivity index is 1.79. The Morgan fingerprint density at radius 1 is 1.13 bits per heavy atom. The van der Waals surface area contributed by atoms with Gasteiger partial charge in [-0.1, -0.05) is 12.8 Å². The average molecular weight is 205 g/mol. The maximum absolute atomic E-state index is 3.95. The van der Waals surface area contributed by atoms with Crippen molar-refractivity contribution in [1.29, 1.82) is 0 Å². The Morgan fingerprint density at radius 3 is 3.00 bits per heavy atom. The quantitative estimate of drug-likeness (QED) is 0.641. The number of nitrogens with one attached hydrogen (secondary N) is 1. The second kappa shape index (κ2) is 2.80. The molecule has 4 aliphatic rings. The van der Waals surface area contributed by atoms with Crippen LogP contribution in [-0.2, 0) is 0 Å². The van der Waals surface area contributed by atoms with Gasteiger partial charge in [-0.05, 0) is 62.2 Å². The third kappa shape index (κ3) is 0.906. The van der Waals surface area contributed by atoms with Crippen molar-refractivity contribution in [1.82, 2.24) is 5.32 Å². The molecule has 84 valence electrons. The van der Waals surface area contributed by atoms with E-state index in [-0.39, 0.29) is 0 Å². The molecule has 0 radical (unpaired) electrons. The average Bonchev–Trinajstić information content (AvgIpc) is 2.85. The Hall–Kier alpha value is -0.0400. The van der Waals surface area contributed by atoms with Crippen molar-refractivity contribution < 1.29 is 0 Å². The zero-order valence-electron chi connectivity index (χ0n) is 9.84. The van der Waals surface area contributed by atoms with Crippen molar-refractivity contribution in [2.24, 2.45) is 23.2 Å². The normalized spacial score (nSPS) is 61.8. The molecule has 1 spiro atoms. The molecule has 2 bridgehead atoms. The SMILES string of the molecule is CC1NC2CCCCC23C2CCC(C2)C13. The fourth-order valence-corrected chi connectivity index (χ4v) is 6.19. The summed E-state index contributed by atoms with van der Waals surface area (Å²) in [6.45, 7) is 2.46. The molecule has 4 fully saturated rings. The summed E-state index contributed by atoms with van der Waals surface area (Å²) in [6.07, 6.45) is 10.7. The van der Waals surface area contributed by atoms with Crippen LogP contribution in [0.2, 0.25) is 0 Å². The molecule has 3 aliphatic carbocycles. The van der Waals surface area contributed by atoms with Crippen LogP contribution < -0.4 is 5.32 Å². The highest BCUT2D eigenvalue weighted by molar-refractivity contribution is 5.18. The van der Waals surface area contributed by atoms with Crippen LogP contribution in [0.15, 0.2) is 0 Å².